The van der Waals surface area contributed by atoms with Crippen molar-refractivity contribution in [3.8, 4) is 5.75 Å². The fourth-order valence-electron chi connectivity index (χ4n) is 5.93. The number of rotatable bonds is 5. The summed E-state index contributed by atoms with van der Waals surface area (Å²) in [4.78, 5) is 39.5. The molecule has 1 amide bonds. The molecule has 3 aliphatic rings. The van der Waals surface area contributed by atoms with Gasteiger partial charge in [0.15, 0.2) is 18.2 Å². The number of allylic oxidation sites excluding steroid dienone is 4. The van der Waals surface area contributed by atoms with Crippen LogP contribution in [-0.2, 0) is 14.4 Å². The summed E-state index contributed by atoms with van der Waals surface area (Å²) in [5, 5.41) is 6.73. The molecule has 2 N–H and O–H groups in total. The number of anilines is 1. The van der Waals surface area contributed by atoms with Crippen LogP contribution in [0.1, 0.15) is 64.9 Å². The molecule has 2 aromatic carbocycles. The molecule has 1 aliphatic heterocycles. The van der Waals surface area contributed by atoms with Gasteiger partial charge >= 0.3 is 0 Å². The summed E-state index contributed by atoms with van der Waals surface area (Å²) in [6.45, 7) is 8.22. The number of dihydropyridines is 1. The molecule has 204 valence electrons. The fourth-order valence-corrected chi connectivity index (χ4v) is 6.62. The SMILES string of the molecule is CC1(C)CC(=O)C2=C(C1)NC1=C(C(=O)CC(C)(C)C1)C2c1ccc(OCC(=O)Nc2ccccc2Cl)c(Br)c1. The van der Waals surface area contributed by atoms with E-state index in [1.807, 2.05) is 12.1 Å². The largest absolute Gasteiger partial charge is 0.483 e. The van der Waals surface area contributed by atoms with Gasteiger partial charge in [0.1, 0.15) is 5.75 Å². The third-order valence-corrected chi connectivity index (χ3v) is 8.46. The van der Waals surface area contributed by atoms with Gasteiger partial charge in [0, 0.05) is 41.3 Å². The highest BCUT2D eigenvalue weighted by atomic mass is 79.9. The first-order chi connectivity index (χ1) is 18.3. The average Bonchev–Trinajstić information content (AvgIpc) is 2.82. The van der Waals surface area contributed by atoms with Crippen molar-refractivity contribution in [2.24, 2.45) is 10.8 Å². The van der Waals surface area contributed by atoms with Gasteiger partial charge in [-0.25, -0.2) is 0 Å². The van der Waals surface area contributed by atoms with Crippen molar-refractivity contribution >= 4 is 50.7 Å². The van der Waals surface area contributed by atoms with Crippen molar-refractivity contribution in [2.75, 3.05) is 11.9 Å². The average molecular weight is 612 g/mol. The van der Waals surface area contributed by atoms with Crippen molar-refractivity contribution in [1.82, 2.24) is 5.32 Å². The number of halogens is 2. The van der Waals surface area contributed by atoms with Gasteiger partial charge in [0.05, 0.1) is 15.2 Å². The number of ketones is 2. The minimum atomic E-state index is -0.433. The minimum Gasteiger partial charge on any atom is -0.483 e. The molecule has 0 spiro atoms. The molecule has 0 radical (unpaired) electrons. The standard InChI is InChI=1S/C31H32BrClN2O4/c1-30(2)12-21-28(23(36)14-30)27(29-22(34-21)13-31(3,4)15-24(29)37)17-9-10-25(18(32)11-17)39-16-26(38)35-20-8-6-5-7-19(20)33/h5-11,27,34H,12-16H2,1-4H3,(H,35,38). The zero-order chi connectivity index (χ0) is 28.1. The summed E-state index contributed by atoms with van der Waals surface area (Å²) in [6, 6.07) is 12.6. The van der Waals surface area contributed by atoms with Crippen LogP contribution in [0, 0.1) is 10.8 Å². The molecule has 39 heavy (non-hydrogen) atoms. The zero-order valence-electron chi connectivity index (χ0n) is 22.5. The predicted octanol–water partition coefficient (Wildman–Crippen LogP) is 7.09. The van der Waals surface area contributed by atoms with Gasteiger partial charge in [-0.1, -0.05) is 57.5 Å². The Labute approximate surface area is 242 Å². The van der Waals surface area contributed by atoms with Crippen LogP contribution in [0.25, 0.3) is 0 Å². The van der Waals surface area contributed by atoms with Gasteiger partial charge in [0.25, 0.3) is 5.91 Å². The Morgan fingerprint density at radius 2 is 1.56 bits per heavy atom. The Bertz CT molecular complexity index is 1400. The molecule has 0 saturated heterocycles. The highest BCUT2D eigenvalue weighted by Crippen LogP contribution is 2.51. The molecule has 0 unspecified atom stereocenters. The molecule has 0 atom stereocenters. The second kappa shape index (κ2) is 10.3. The van der Waals surface area contributed by atoms with Gasteiger partial charge in [0.2, 0.25) is 0 Å². The molecule has 8 heteroatoms. The van der Waals surface area contributed by atoms with Gasteiger partial charge < -0.3 is 15.4 Å². The van der Waals surface area contributed by atoms with Gasteiger partial charge in [-0.2, -0.15) is 0 Å². The number of nitrogens with one attached hydrogen (secondary N) is 2. The van der Waals surface area contributed by atoms with Crippen molar-refractivity contribution < 1.29 is 19.1 Å². The smallest absolute Gasteiger partial charge is 0.262 e. The van der Waals surface area contributed by atoms with Crippen molar-refractivity contribution in [3.63, 3.8) is 0 Å². The number of ether oxygens (including phenoxy) is 1. The lowest BCUT2D eigenvalue weighted by Gasteiger charge is -2.44. The maximum Gasteiger partial charge on any atom is 0.262 e. The van der Waals surface area contributed by atoms with Gasteiger partial charge in [-0.15, -0.1) is 0 Å². The first-order valence-electron chi connectivity index (χ1n) is 13.1. The third kappa shape index (κ3) is 5.71. The molecule has 1 heterocycles. The van der Waals surface area contributed by atoms with Crippen molar-refractivity contribution in [3.05, 3.63) is 80.1 Å². The van der Waals surface area contributed by atoms with E-state index in [1.54, 1.807) is 30.3 Å². The van der Waals surface area contributed by atoms with Crippen LogP contribution < -0.4 is 15.4 Å². The molecule has 2 aliphatic carbocycles. The Morgan fingerprint density at radius 1 is 0.974 bits per heavy atom. The third-order valence-electron chi connectivity index (χ3n) is 7.52. The number of benzene rings is 2. The van der Waals surface area contributed by atoms with E-state index in [4.69, 9.17) is 16.3 Å². The van der Waals surface area contributed by atoms with E-state index in [2.05, 4.69) is 54.3 Å². The second-order valence-corrected chi connectivity index (χ2v) is 13.5. The van der Waals surface area contributed by atoms with Crippen LogP contribution in [-0.4, -0.2) is 24.1 Å². The summed E-state index contributed by atoms with van der Waals surface area (Å²) in [5.74, 6) is -0.131. The predicted molar refractivity (Wildman–Crippen MR) is 156 cm³/mol. The van der Waals surface area contributed by atoms with Crippen LogP contribution >= 0.6 is 27.5 Å². The summed E-state index contributed by atoms with van der Waals surface area (Å²) < 4.78 is 6.43. The number of amides is 1. The van der Waals surface area contributed by atoms with E-state index in [-0.39, 0.29) is 34.9 Å². The number of hydrogen-bond acceptors (Lipinski definition) is 5. The topological polar surface area (TPSA) is 84.5 Å². The van der Waals surface area contributed by atoms with E-state index in [1.165, 1.54) is 0 Å². The van der Waals surface area contributed by atoms with E-state index < -0.39 is 5.92 Å². The molecular weight excluding hydrogens is 580 g/mol. The summed E-state index contributed by atoms with van der Waals surface area (Å²) in [7, 11) is 0. The van der Waals surface area contributed by atoms with Gasteiger partial charge in [-0.3, -0.25) is 14.4 Å². The monoisotopic (exact) mass is 610 g/mol. The molecule has 0 saturated carbocycles. The Hall–Kier alpha value is -2.90. The maximum atomic E-state index is 13.5. The highest BCUT2D eigenvalue weighted by Gasteiger charge is 2.46. The van der Waals surface area contributed by atoms with Crippen LogP contribution in [0.3, 0.4) is 0 Å². The molecular formula is C31H32BrClN2O4. The molecule has 5 rings (SSSR count). The van der Waals surface area contributed by atoms with Crippen LogP contribution in [0.15, 0.2) is 69.5 Å². The van der Waals surface area contributed by atoms with E-state index in [9.17, 15) is 14.4 Å². The number of carbonyl (C=O) groups excluding carboxylic acids is 3. The number of hydrogen-bond donors (Lipinski definition) is 2. The minimum absolute atomic E-state index is 0.0793. The number of para-hydroxylation sites is 1. The molecule has 0 bridgehead atoms. The lowest BCUT2D eigenvalue weighted by molar-refractivity contribution is -0.119. The first-order valence-corrected chi connectivity index (χ1v) is 14.3. The normalized spacial score (nSPS) is 20.3. The lowest BCUT2D eigenvalue weighted by atomic mass is 9.64. The quantitative estimate of drug-likeness (QED) is 0.377. The fraction of sp³-hybridized carbons (Fsp3) is 0.387. The first kappa shape index (κ1) is 27.7. The second-order valence-electron chi connectivity index (χ2n) is 12.2. The van der Waals surface area contributed by atoms with Crippen LogP contribution in [0.4, 0.5) is 5.69 Å². The Balaban J connectivity index is 1.44. The Kier molecular flexibility index (Phi) is 7.27. The van der Waals surface area contributed by atoms with E-state index in [0.29, 0.717) is 44.9 Å². The Morgan fingerprint density at radius 3 is 2.13 bits per heavy atom. The van der Waals surface area contributed by atoms with E-state index in [0.717, 1.165) is 29.8 Å². The van der Waals surface area contributed by atoms with Crippen LogP contribution in [0.5, 0.6) is 5.75 Å². The summed E-state index contributed by atoms with van der Waals surface area (Å²) in [6.07, 6.45) is 2.38. The van der Waals surface area contributed by atoms with Crippen molar-refractivity contribution in [1.29, 1.82) is 0 Å². The number of carbonyl (C=O) groups is 3. The number of Topliss-reactive ketones (excluding diaryl/α,β-unsaturated/α-hetero) is 2. The van der Waals surface area contributed by atoms with Gasteiger partial charge in [-0.05, 0) is 69.4 Å². The molecule has 6 nitrogen and oxygen atoms in total. The lowest BCUT2D eigenvalue weighted by Crippen LogP contribution is -2.42. The molecule has 0 aromatic heterocycles. The highest BCUT2D eigenvalue weighted by molar-refractivity contribution is 9.10. The van der Waals surface area contributed by atoms with Crippen LogP contribution in [0.2, 0.25) is 5.02 Å². The van der Waals surface area contributed by atoms with E-state index >= 15 is 0 Å². The molecule has 0 fully saturated rings. The summed E-state index contributed by atoms with van der Waals surface area (Å²) >= 11 is 9.72. The summed E-state index contributed by atoms with van der Waals surface area (Å²) in [5.41, 5.74) is 4.31. The maximum absolute atomic E-state index is 13.5. The molecule has 2 aromatic rings. The van der Waals surface area contributed by atoms with Crippen molar-refractivity contribution in [2.45, 2.75) is 59.3 Å². The zero-order valence-corrected chi connectivity index (χ0v) is 24.9.